The summed E-state index contributed by atoms with van der Waals surface area (Å²) in [6.07, 6.45) is -3.20. The first-order valence-electron chi connectivity index (χ1n) is 5.52. The highest BCUT2D eigenvalue weighted by molar-refractivity contribution is 5.63. The number of nitrogens with one attached hydrogen (secondary N) is 1. The van der Waals surface area contributed by atoms with Gasteiger partial charge in [-0.2, -0.15) is 18.3 Å². The summed E-state index contributed by atoms with van der Waals surface area (Å²) in [5.41, 5.74) is -0.568. The fourth-order valence-corrected chi connectivity index (χ4v) is 1.66. The van der Waals surface area contributed by atoms with Gasteiger partial charge in [0.1, 0.15) is 0 Å². The first-order valence-corrected chi connectivity index (χ1v) is 5.52. The summed E-state index contributed by atoms with van der Waals surface area (Å²) in [6, 6.07) is 5.27. The molecule has 0 bridgehead atoms. The highest BCUT2D eigenvalue weighted by Crippen LogP contribution is 2.35. The molecule has 1 aromatic heterocycles. The van der Waals surface area contributed by atoms with Gasteiger partial charge in [-0.15, -0.1) is 5.10 Å². The van der Waals surface area contributed by atoms with Crippen molar-refractivity contribution >= 4 is 0 Å². The molecule has 2 aromatic rings. The Morgan fingerprint density at radius 2 is 1.95 bits per heavy atom. The fraction of sp³-hybridized carbons (Fsp3) is 0.250. The number of aromatic nitrogens is 3. The van der Waals surface area contributed by atoms with Crippen LogP contribution in [0.5, 0.6) is 0 Å². The Morgan fingerprint density at radius 1 is 1.21 bits per heavy atom. The molecule has 0 saturated heterocycles. The maximum absolute atomic E-state index is 12.9. The SMILES string of the molecule is CNCc1nncc(-c2ccccc2C(F)(F)F)n1. The van der Waals surface area contributed by atoms with E-state index in [4.69, 9.17) is 0 Å². The molecule has 0 amide bonds. The minimum Gasteiger partial charge on any atom is -0.313 e. The van der Waals surface area contributed by atoms with Crippen LogP contribution in [0.1, 0.15) is 11.4 Å². The monoisotopic (exact) mass is 268 g/mol. The molecular weight excluding hydrogens is 257 g/mol. The molecular formula is C12H11F3N4. The molecule has 0 aliphatic heterocycles. The first kappa shape index (κ1) is 13.4. The number of rotatable bonds is 3. The van der Waals surface area contributed by atoms with E-state index in [-0.39, 0.29) is 11.3 Å². The summed E-state index contributed by atoms with van der Waals surface area (Å²) in [4.78, 5) is 4.07. The molecule has 0 spiro atoms. The average molecular weight is 268 g/mol. The minimum absolute atomic E-state index is 0.00209. The number of hydrogen-bond donors (Lipinski definition) is 1. The van der Waals surface area contributed by atoms with E-state index >= 15 is 0 Å². The molecule has 100 valence electrons. The molecule has 4 nitrogen and oxygen atoms in total. The molecule has 1 heterocycles. The van der Waals surface area contributed by atoms with Gasteiger partial charge >= 0.3 is 6.18 Å². The van der Waals surface area contributed by atoms with Crippen LogP contribution in [0.4, 0.5) is 13.2 Å². The van der Waals surface area contributed by atoms with Gasteiger partial charge in [-0.25, -0.2) is 4.98 Å². The predicted octanol–water partition coefficient (Wildman–Crippen LogP) is 2.28. The lowest BCUT2D eigenvalue weighted by atomic mass is 10.0. The van der Waals surface area contributed by atoms with E-state index in [1.54, 1.807) is 7.05 Å². The Labute approximate surface area is 107 Å². The van der Waals surface area contributed by atoms with Crippen molar-refractivity contribution in [3.63, 3.8) is 0 Å². The summed E-state index contributed by atoms with van der Waals surface area (Å²) in [5, 5.41) is 10.2. The lowest BCUT2D eigenvalue weighted by molar-refractivity contribution is -0.137. The Bertz CT molecular complexity index is 569. The third-order valence-corrected chi connectivity index (χ3v) is 2.45. The third kappa shape index (κ3) is 3.05. The second kappa shape index (κ2) is 5.31. The molecule has 2 rings (SSSR count). The molecule has 0 saturated carbocycles. The third-order valence-electron chi connectivity index (χ3n) is 2.45. The van der Waals surface area contributed by atoms with Crippen molar-refractivity contribution in [2.45, 2.75) is 12.7 Å². The number of hydrogen-bond acceptors (Lipinski definition) is 4. The Kier molecular flexibility index (Phi) is 3.75. The van der Waals surface area contributed by atoms with Crippen LogP contribution in [-0.4, -0.2) is 22.2 Å². The largest absolute Gasteiger partial charge is 0.417 e. The smallest absolute Gasteiger partial charge is 0.313 e. The summed E-state index contributed by atoms with van der Waals surface area (Å²) in [5.74, 6) is 0.344. The van der Waals surface area contributed by atoms with Crippen molar-refractivity contribution in [2.24, 2.45) is 0 Å². The van der Waals surface area contributed by atoms with Crippen molar-refractivity contribution in [2.75, 3.05) is 7.05 Å². The molecule has 0 atom stereocenters. The van der Waals surface area contributed by atoms with Gasteiger partial charge < -0.3 is 5.32 Å². The van der Waals surface area contributed by atoms with E-state index < -0.39 is 11.7 Å². The molecule has 19 heavy (non-hydrogen) atoms. The molecule has 0 fully saturated rings. The number of halogens is 3. The molecule has 0 aliphatic rings. The van der Waals surface area contributed by atoms with E-state index in [1.165, 1.54) is 24.4 Å². The quantitative estimate of drug-likeness (QED) is 0.927. The van der Waals surface area contributed by atoms with Gasteiger partial charge in [0.25, 0.3) is 0 Å². The lowest BCUT2D eigenvalue weighted by Gasteiger charge is -2.12. The fourth-order valence-electron chi connectivity index (χ4n) is 1.66. The van der Waals surface area contributed by atoms with E-state index in [9.17, 15) is 13.2 Å². The van der Waals surface area contributed by atoms with Crippen LogP contribution >= 0.6 is 0 Å². The van der Waals surface area contributed by atoms with E-state index in [0.717, 1.165) is 6.07 Å². The van der Waals surface area contributed by atoms with Gasteiger partial charge in [0.05, 0.1) is 24.0 Å². The summed E-state index contributed by atoms with van der Waals surface area (Å²) < 4.78 is 38.7. The van der Waals surface area contributed by atoms with Crippen LogP contribution in [0.3, 0.4) is 0 Å². The Hall–Kier alpha value is -2.02. The van der Waals surface area contributed by atoms with Crippen LogP contribution in [0, 0.1) is 0 Å². The molecule has 7 heteroatoms. The summed E-state index contributed by atoms with van der Waals surface area (Å²) in [7, 11) is 1.69. The molecule has 0 aliphatic carbocycles. The predicted molar refractivity (Wildman–Crippen MR) is 63.0 cm³/mol. The van der Waals surface area contributed by atoms with Crippen molar-refractivity contribution < 1.29 is 13.2 Å². The van der Waals surface area contributed by atoms with Crippen LogP contribution in [-0.2, 0) is 12.7 Å². The first-order chi connectivity index (χ1) is 9.02. The Balaban J connectivity index is 2.50. The maximum atomic E-state index is 12.9. The molecule has 0 radical (unpaired) electrons. The maximum Gasteiger partial charge on any atom is 0.417 e. The van der Waals surface area contributed by atoms with Crippen molar-refractivity contribution in [3.8, 4) is 11.3 Å². The Morgan fingerprint density at radius 3 is 2.63 bits per heavy atom. The van der Waals surface area contributed by atoms with Crippen molar-refractivity contribution in [1.82, 2.24) is 20.5 Å². The van der Waals surface area contributed by atoms with Gasteiger partial charge in [-0.05, 0) is 13.1 Å². The standard InChI is InChI=1S/C12H11F3N4/c1-16-7-11-18-10(6-17-19-11)8-4-2-3-5-9(8)12(13,14)15/h2-6,16H,7H2,1H3. The minimum atomic E-state index is -4.43. The van der Waals surface area contributed by atoms with Crippen LogP contribution < -0.4 is 5.32 Å². The normalized spacial score (nSPS) is 11.6. The van der Waals surface area contributed by atoms with Crippen LogP contribution in [0.2, 0.25) is 0 Å². The van der Waals surface area contributed by atoms with Gasteiger partial charge in [0, 0.05) is 5.56 Å². The molecule has 0 unspecified atom stereocenters. The second-order valence-electron chi connectivity index (χ2n) is 3.83. The van der Waals surface area contributed by atoms with Crippen LogP contribution in [0.15, 0.2) is 30.5 Å². The van der Waals surface area contributed by atoms with Gasteiger partial charge in [0.15, 0.2) is 5.82 Å². The highest BCUT2D eigenvalue weighted by atomic mass is 19.4. The van der Waals surface area contributed by atoms with Crippen LogP contribution in [0.25, 0.3) is 11.3 Å². The molecule has 1 aromatic carbocycles. The lowest BCUT2D eigenvalue weighted by Crippen LogP contribution is -2.12. The highest BCUT2D eigenvalue weighted by Gasteiger charge is 2.33. The topological polar surface area (TPSA) is 50.7 Å². The van der Waals surface area contributed by atoms with Gasteiger partial charge in [-0.1, -0.05) is 18.2 Å². The second-order valence-corrected chi connectivity index (χ2v) is 3.83. The van der Waals surface area contributed by atoms with E-state index in [2.05, 4.69) is 20.5 Å². The average Bonchev–Trinajstić information content (AvgIpc) is 2.38. The number of benzene rings is 1. The van der Waals surface area contributed by atoms with E-state index in [1.807, 2.05) is 0 Å². The zero-order valence-corrected chi connectivity index (χ0v) is 10.1. The van der Waals surface area contributed by atoms with Crippen molar-refractivity contribution in [3.05, 3.63) is 41.9 Å². The zero-order chi connectivity index (χ0) is 13.9. The number of alkyl halides is 3. The molecule has 1 N–H and O–H groups in total. The summed E-state index contributed by atoms with van der Waals surface area (Å²) in [6.45, 7) is 0.342. The van der Waals surface area contributed by atoms with Gasteiger partial charge in [0.2, 0.25) is 0 Å². The summed E-state index contributed by atoms with van der Waals surface area (Å²) >= 11 is 0. The van der Waals surface area contributed by atoms with Gasteiger partial charge in [-0.3, -0.25) is 0 Å². The van der Waals surface area contributed by atoms with Crippen molar-refractivity contribution in [1.29, 1.82) is 0 Å². The van der Waals surface area contributed by atoms with E-state index in [0.29, 0.717) is 12.4 Å². The number of nitrogens with zero attached hydrogens (tertiary/aromatic N) is 3. The zero-order valence-electron chi connectivity index (χ0n) is 10.1.